The van der Waals surface area contributed by atoms with Crippen molar-refractivity contribution < 1.29 is 31.1 Å². The van der Waals surface area contributed by atoms with Crippen molar-refractivity contribution in [2.45, 2.75) is 12.4 Å². The summed E-state index contributed by atoms with van der Waals surface area (Å²) in [7, 11) is 0. The molecule has 0 aliphatic heterocycles. The second-order valence-corrected chi connectivity index (χ2v) is 4.50. The van der Waals surface area contributed by atoms with Gasteiger partial charge in [0.2, 0.25) is 0 Å². The van der Waals surface area contributed by atoms with Crippen molar-refractivity contribution in [2.75, 3.05) is 0 Å². The summed E-state index contributed by atoms with van der Waals surface area (Å²) in [5, 5.41) is 0. The van der Waals surface area contributed by atoms with Gasteiger partial charge < -0.3 is 0 Å². The Kier molecular flexibility index (Phi) is 4.00. The van der Waals surface area contributed by atoms with E-state index in [1.54, 1.807) is 0 Å². The van der Waals surface area contributed by atoms with Crippen molar-refractivity contribution in [3.05, 3.63) is 59.2 Å². The zero-order chi connectivity index (χ0) is 16.5. The number of hydrogen-bond donors (Lipinski definition) is 0. The first-order valence-electron chi connectivity index (χ1n) is 5.97. The van der Waals surface area contributed by atoms with Gasteiger partial charge in [0, 0.05) is 5.56 Å². The van der Waals surface area contributed by atoms with Crippen LogP contribution in [0.25, 0.3) is 11.1 Å². The maximum atomic E-state index is 13.0. The second kappa shape index (κ2) is 5.47. The molecule has 0 saturated heterocycles. The molecular weight excluding hydrogens is 310 g/mol. The lowest BCUT2D eigenvalue weighted by Crippen LogP contribution is -2.09. The molecule has 0 heterocycles. The predicted octanol–water partition coefficient (Wildman–Crippen LogP) is 5.20. The van der Waals surface area contributed by atoms with Crippen LogP contribution in [0, 0.1) is 0 Å². The molecule has 0 unspecified atom stereocenters. The van der Waals surface area contributed by atoms with E-state index in [1.807, 2.05) is 0 Å². The van der Waals surface area contributed by atoms with Crippen LogP contribution in [-0.4, -0.2) is 6.29 Å². The summed E-state index contributed by atoms with van der Waals surface area (Å²) in [5.74, 6) is 0. The third-order valence-electron chi connectivity index (χ3n) is 2.96. The van der Waals surface area contributed by atoms with Gasteiger partial charge in [-0.2, -0.15) is 26.3 Å². The van der Waals surface area contributed by atoms with Crippen LogP contribution >= 0.6 is 0 Å². The van der Waals surface area contributed by atoms with Crippen LogP contribution in [0.4, 0.5) is 26.3 Å². The number of aldehydes is 1. The fourth-order valence-electron chi connectivity index (χ4n) is 2.02. The molecule has 0 aliphatic carbocycles. The van der Waals surface area contributed by atoms with Gasteiger partial charge in [-0.25, -0.2) is 0 Å². The molecule has 1 nitrogen and oxygen atoms in total. The minimum Gasteiger partial charge on any atom is -0.298 e. The van der Waals surface area contributed by atoms with Gasteiger partial charge in [-0.3, -0.25) is 4.79 Å². The normalized spacial score (nSPS) is 12.3. The van der Waals surface area contributed by atoms with Crippen molar-refractivity contribution >= 4 is 6.29 Å². The third kappa shape index (κ3) is 3.29. The highest BCUT2D eigenvalue weighted by Crippen LogP contribution is 2.39. The summed E-state index contributed by atoms with van der Waals surface area (Å²) in [6, 6.07) is 6.44. The van der Waals surface area contributed by atoms with Gasteiger partial charge in [0.15, 0.2) is 0 Å². The quantitative estimate of drug-likeness (QED) is 0.549. The highest BCUT2D eigenvalue weighted by molar-refractivity contribution is 5.80. The van der Waals surface area contributed by atoms with E-state index in [1.165, 1.54) is 6.07 Å². The molecule has 7 heteroatoms. The number of alkyl halides is 6. The molecule has 0 bridgehead atoms. The number of rotatable bonds is 2. The molecule has 0 spiro atoms. The van der Waals surface area contributed by atoms with E-state index in [0.717, 1.165) is 24.3 Å². The molecule has 0 fully saturated rings. The molecule has 0 saturated carbocycles. The molecule has 0 amide bonds. The average molecular weight is 318 g/mol. The smallest absolute Gasteiger partial charge is 0.298 e. The van der Waals surface area contributed by atoms with Gasteiger partial charge >= 0.3 is 12.4 Å². The largest absolute Gasteiger partial charge is 0.417 e. The van der Waals surface area contributed by atoms with Crippen molar-refractivity contribution in [3.8, 4) is 11.1 Å². The Bertz CT molecular complexity index is 700. The number of carbonyl (C=O) groups excluding carboxylic acids is 1. The van der Waals surface area contributed by atoms with E-state index in [2.05, 4.69) is 0 Å². The summed E-state index contributed by atoms with van der Waals surface area (Å²) in [4.78, 5) is 10.8. The maximum Gasteiger partial charge on any atom is 0.417 e. The van der Waals surface area contributed by atoms with E-state index in [-0.39, 0.29) is 17.4 Å². The topological polar surface area (TPSA) is 17.1 Å². The lowest BCUT2D eigenvalue weighted by Gasteiger charge is -2.15. The molecule has 0 radical (unpaired) electrons. The summed E-state index contributed by atoms with van der Waals surface area (Å²) in [6.07, 6.45) is -9.32. The van der Waals surface area contributed by atoms with Gasteiger partial charge in [0.05, 0.1) is 11.1 Å². The van der Waals surface area contributed by atoms with Crippen molar-refractivity contribution in [2.24, 2.45) is 0 Å². The summed E-state index contributed by atoms with van der Waals surface area (Å²) < 4.78 is 77.3. The van der Waals surface area contributed by atoms with Gasteiger partial charge in [0.25, 0.3) is 0 Å². The molecule has 0 atom stereocenters. The Labute approximate surface area is 121 Å². The zero-order valence-corrected chi connectivity index (χ0v) is 10.8. The molecule has 2 aromatic carbocycles. The lowest BCUT2D eigenvalue weighted by molar-refractivity contribution is -0.137. The molecule has 116 valence electrons. The second-order valence-electron chi connectivity index (χ2n) is 4.50. The van der Waals surface area contributed by atoms with Crippen LogP contribution in [0.5, 0.6) is 0 Å². The standard InChI is InChI=1S/C15H8F6O/c16-14(17,18)11-6-9(8-22)5-10(7-11)12-3-1-2-4-13(12)15(19,20)21/h1-8H. The van der Waals surface area contributed by atoms with Crippen molar-refractivity contribution in [1.82, 2.24) is 0 Å². The number of halogens is 6. The molecule has 0 N–H and O–H groups in total. The van der Waals surface area contributed by atoms with Crippen LogP contribution in [0.3, 0.4) is 0 Å². The molecular formula is C15H8F6O. The minimum absolute atomic E-state index is 0.162. The van der Waals surface area contributed by atoms with Crippen molar-refractivity contribution in [3.63, 3.8) is 0 Å². The van der Waals surface area contributed by atoms with Gasteiger partial charge in [-0.15, -0.1) is 0 Å². The Balaban J connectivity index is 2.71. The van der Waals surface area contributed by atoms with Gasteiger partial charge in [0.1, 0.15) is 6.29 Å². The first-order chi connectivity index (χ1) is 10.1. The Hall–Kier alpha value is -2.31. The fourth-order valence-corrected chi connectivity index (χ4v) is 2.02. The van der Waals surface area contributed by atoms with Crippen LogP contribution in [0.2, 0.25) is 0 Å². The molecule has 2 aromatic rings. The minimum atomic E-state index is -4.76. The summed E-state index contributed by atoms with van der Waals surface area (Å²) in [5.41, 5.74) is -3.31. The number of benzene rings is 2. The first kappa shape index (κ1) is 16.1. The maximum absolute atomic E-state index is 13.0. The van der Waals surface area contributed by atoms with Crippen molar-refractivity contribution in [1.29, 1.82) is 0 Å². The van der Waals surface area contributed by atoms with Crippen LogP contribution in [-0.2, 0) is 12.4 Å². The predicted molar refractivity (Wildman–Crippen MR) is 67.3 cm³/mol. The van der Waals surface area contributed by atoms with Crippen LogP contribution in [0.1, 0.15) is 21.5 Å². The van der Waals surface area contributed by atoms with E-state index in [0.29, 0.717) is 12.1 Å². The number of hydrogen-bond acceptors (Lipinski definition) is 1. The van der Waals surface area contributed by atoms with Gasteiger partial charge in [-0.1, -0.05) is 18.2 Å². The zero-order valence-electron chi connectivity index (χ0n) is 10.8. The Morgan fingerprint density at radius 1 is 0.818 bits per heavy atom. The first-order valence-corrected chi connectivity index (χ1v) is 5.97. The summed E-state index contributed by atoms with van der Waals surface area (Å²) in [6.45, 7) is 0. The van der Waals surface area contributed by atoms with E-state index in [4.69, 9.17) is 0 Å². The lowest BCUT2D eigenvalue weighted by atomic mass is 9.96. The van der Waals surface area contributed by atoms with Crippen LogP contribution in [0.15, 0.2) is 42.5 Å². The Morgan fingerprint density at radius 2 is 1.45 bits per heavy atom. The van der Waals surface area contributed by atoms with E-state index in [9.17, 15) is 31.1 Å². The monoisotopic (exact) mass is 318 g/mol. The molecule has 2 rings (SSSR count). The highest BCUT2D eigenvalue weighted by Gasteiger charge is 2.35. The SMILES string of the molecule is O=Cc1cc(-c2ccccc2C(F)(F)F)cc(C(F)(F)F)c1. The van der Waals surface area contributed by atoms with Crippen LogP contribution < -0.4 is 0 Å². The molecule has 0 aliphatic rings. The molecule has 22 heavy (non-hydrogen) atoms. The van der Waals surface area contributed by atoms with E-state index < -0.39 is 29.0 Å². The third-order valence-corrected chi connectivity index (χ3v) is 2.96. The Morgan fingerprint density at radius 3 is 2.00 bits per heavy atom. The fraction of sp³-hybridized carbons (Fsp3) is 0.133. The highest BCUT2D eigenvalue weighted by atomic mass is 19.4. The summed E-state index contributed by atoms with van der Waals surface area (Å²) >= 11 is 0. The van der Waals surface area contributed by atoms with E-state index >= 15 is 0 Å². The average Bonchev–Trinajstić information content (AvgIpc) is 2.45. The van der Waals surface area contributed by atoms with Gasteiger partial charge in [-0.05, 0) is 35.4 Å². The molecule has 0 aromatic heterocycles. The number of carbonyl (C=O) groups is 1.